The highest BCUT2D eigenvalue weighted by Gasteiger charge is 2.50. The Balaban J connectivity index is 1.83. The number of amides is 4. The predicted octanol–water partition coefficient (Wildman–Crippen LogP) is 2.62. The summed E-state index contributed by atoms with van der Waals surface area (Å²) >= 11 is 4.60. The lowest BCUT2D eigenvalue weighted by Crippen LogP contribution is -2.47. The average Bonchev–Trinajstić information content (AvgIpc) is 3.06. The minimum atomic E-state index is -1.21. The Hall–Kier alpha value is -2.19. The average molecular weight is 394 g/mol. The molecular weight excluding hydrogens is 382 g/mol. The number of hydrogen-bond acceptors (Lipinski definition) is 4. The molecule has 8 heteroatoms. The van der Waals surface area contributed by atoms with Crippen molar-refractivity contribution in [1.29, 1.82) is 0 Å². The molecule has 23 heavy (non-hydrogen) atoms. The number of benzene rings is 1. The molecule has 1 aromatic carbocycles. The summed E-state index contributed by atoms with van der Waals surface area (Å²) in [7, 11) is 0. The second-order valence-corrected chi connectivity index (χ2v) is 7.43. The molecule has 1 atom stereocenters. The first kappa shape index (κ1) is 15.7. The molecule has 0 bridgehead atoms. The first-order chi connectivity index (χ1) is 10.9. The standard InChI is InChI=1S/C15H12BrN3O3S/c1-15(10-5-3-2-4-6-10)13(21)19(14(22)17-15)18-12(20)9-7-11(16)23-8-9/h2-8H,1H3,(H,17,22)(H,18,20)/t15-/m0/s1. The minimum absolute atomic E-state index is 0.371. The van der Waals surface area contributed by atoms with Crippen LogP contribution in [0, 0.1) is 0 Å². The third-order valence-electron chi connectivity index (χ3n) is 3.58. The number of nitrogens with one attached hydrogen (secondary N) is 2. The summed E-state index contributed by atoms with van der Waals surface area (Å²) in [5.74, 6) is -1.05. The third-order valence-corrected chi connectivity index (χ3v) is 5.09. The summed E-state index contributed by atoms with van der Waals surface area (Å²) in [6, 6.07) is 9.84. The number of thiophene rings is 1. The van der Waals surface area contributed by atoms with Gasteiger partial charge < -0.3 is 5.32 Å². The van der Waals surface area contributed by atoms with E-state index in [0.29, 0.717) is 11.1 Å². The van der Waals surface area contributed by atoms with Crippen molar-refractivity contribution in [3.05, 3.63) is 56.7 Å². The summed E-state index contributed by atoms with van der Waals surface area (Å²) in [4.78, 5) is 36.9. The second kappa shape index (κ2) is 5.78. The van der Waals surface area contributed by atoms with Gasteiger partial charge in [0.15, 0.2) is 0 Å². The van der Waals surface area contributed by atoms with Gasteiger partial charge in [0.2, 0.25) is 0 Å². The third kappa shape index (κ3) is 2.75. The van der Waals surface area contributed by atoms with E-state index in [1.54, 1.807) is 42.6 Å². The maximum atomic E-state index is 12.6. The lowest BCUT2D eigenvalue weighted by atomic mass is 9.92. The fourth-order valence-corrected chi connectivity index (χ4v) is 3.44. The van der Waals surface area contributed by atoms with Gasteiger partial charge in [-0.25, -0.2) is 4.79 Å². The van der Waals surface area contributed by atoms with Gasteiger partial charge >= 0.3 is 6.03 Å². The molecule has 4 amide bonds. The number of hydrazine groups is 1. The van der Waals surface area contributed by atoms with E-state index >= 15 is 0 Å². The van der Waals surface area contributed by atoms with Crippen molar-refractivity contribution >= 4 is 45.1 Å². The topological polar surface area (TPSA) is 78.5 Å². The SMILES string of the molecule is C[C@@]1(c2ccccc2)NC(=O)N(NC(=O)c2csc(Br)c2)C1=O. The molecule has 6 nitrogen and oxygen atoms in total. The number of imide groups is 1. The smallest absolute Gasteiger partial charge is 0.318 e. The molecule has 2 heterocycles. The molecule has 1 fully saturated rings. The zero-order chi connectivity index (χ0) is 16.6. The van der Waals surface area contributed by atoms with Gasteiger partial charge in [-0.1, -0.05) is 30.3 Å². The second-order valence-electron chi connectivity index (χ2n) is 5.14. The van der Waals surface area contributed by atoms with E-state index < -0.39 is 23.4 Å². The fraction of sp³-hybridized carbons (Fsp3) is 0.133. The predicted molar refractivity (Wildman–Crippen MR) is 88.7 cm³/mol. The van der Waals surface area contributed by atoms with Crippen LogP contribution >= 0.6 is 27.3 Å². The molecule has 1 aliphatic heterocycles. The number of carbonyl (C=O) groups excluding carboxylic acids is 3. The van der Waals surface area contributed by atoms with Crippen molar-refractivity contribution in [3.63, 3.8) is 0 Å². The molecule has 1 aromatic heterocycles. The van der Waals surface area contributed by atoms with Crippen LogP contribution in [0.25, 0.3) is 0 Å². The molecule has 2 N–H and O–H groups in total. The maximum Gasteiger partial charge on any atom is 0.344 e. The van der Waals surface area contributed by atoms with E-state index in [4.69, 9.17) is 0 Å². The molecule has 3 rings (SSSR count). The maximum absolute atomic E-state index is 12.6. The summed E-state index contributed by atoms with van der Waals surface area (Å²) in [6.07, 6.45) is 0. The van der Waals surface area contributed by atoms with Crippen molar-refractivity contribution in [1.82, 2.24) is 15.8 Å². The zero-order valence-electron chi connectivity index (χ0n) is 12.0. The number of carbonyl (C=O) groups is 3. The van der Waals surface area contributed by atoms with Crippen LogP contribution in [0.3, 0.4) is 0 Å². The van der Waals surface area contributed by atoms with Crippen LogP contribution in [-0.2, 0) is 10.3 Å². The number of hydrogen-bond donors (Lipinski definition) is 2. The van der Waals surface area contributed by atoms with E-state index in [0.717, 1.165) is 8.80 Å². The molecule has 2 aromatic rings. The normalized spacial score (nSPS) is 20.5. The van der Waals surface area contributed by atoms with Crippen LogP contribution < -0.4 is 10.7 Å². The number of halogens is 1. The van der Waals surface area contributed by atoms with Gasteiger partial charge in [-0.05, 0) is 34.5 Å². The molecule has 0 saturated carbocycles. The fourth-order valence-electron chi connectivity index (χ4n) is 2.30. The van der Waals surface area contributed by atoms with Crippen molar-refractivity contribution < 1.29 is 14.4 Å². The molecule has 0 spiro atoms. The van der Waals surface area contributed by atoms with Gasteiger partial charge in [0, 0.05) is 5.38 Å². The molecular formula is C15H12BrN3O3S. The lowest BCUT2D eigenvalue weighted by molar-refractivity contribution is -0.132. The highest BCUT2D eigenvalue weighted by atomic mass is 79.9. The quantitative estimate of drug-likeness (QED) is 0.786. The first-order valence-electron chi connectivity index (χ1n) is 6.69. The molecule has 1 aliphatic rings. The van der Waals surface area contributed by atoms with Gasteiger partial charge in [-0.15, -0.1) is 11.3 Å². The van der Waals surface area contributed by atoms with Crippen LogP contribution in [0.2, 0.25) is 0 Å². The van der Waals surface area contributed by atoms with Crippen molar-refractivity contribution in [2.45, 2.75) is 12.5 Å². The Morgan fingerprint density at radius 3 is 2.61 bits per heavy atom. The van der Waals surface area contributed by atoms with Crippen LogP contribution in [0.5, 0.6) is 0 Å². The van der Waals surface area contributed by atoms with Gasteiger partial charge in [-0.2, -0.15) is 5.01 Å². The van der Waals surface area contributed by atoms with Crippen molar-refractivity contribution in [3.8, 4) is 0 Å². The van der Waals surface area contributed by atoms with E-state index in [1.165, 1.54) is 11.3 Å². The number of rotatable bonds is 3. The summed E-state index contributed by atoms with van der Waals surface area (Å²) in [5.41, 5.74) is 2.16. The Labute approximate surface area is 144 Å². The van der Waals surface area contributed by atoms with Gasteiger partial charge in [0.05, 0.1) is 9.35 Å². The minimum Gasteiger partial charge on any atom is -0.318 e. The van der Waals surface area contributed by atoms with Gasteiger partial charge in [-0.3, -0.25) is 15.0 Å². The Kier molecular flexibility index (Phi) is 3.95. The van der Waals surface area contributed by atoms with Crippen LogP contribution in [0.4, 0.5) is 4.79 Å². The van der Waals surface area contributed by atoms with Crippen LogP contribution in [0.1, 0.15) is 22.8 Å². The first-order valence-corrected chi connectivity index (χ1v) is 8.36. The van der Waals surface area contributed by atoms with Crippen LogP contribution in [-0.4, -0.2) is 22.9 Å². The van der Waals surface area contributed by atoms with E-state index in [9.17, 15) is 14.4 Å². The monoisotopic (exact) mass is 393 g/mol. The molecule has 0 aliphatic carbocycles. The van der Waals surface area contributed by atoms with Crippen LogP contribution in [0.15, 0.2) is 45.6 Å². The number of nitrogens with zero attached hydrogens (tertiary/aromatic N) is 1. The summed E-state index contributed by atoms with van der Waals surface area (Å²) in [5, 5.41) is 4.98. The molecule has 0 radical (unpaired) electrons. The molecule has 1 saturated heterocycles. The highest BCUT2D eigenvalue weighted by molar-refractivity contribution is 9.11. The summed E-state index contributed by atoms with van der Waals surface area (Å²) < 4.78 is 0.786. The van der Waals surface area contributed by atoms with Crippen molar-refractivity contribution in [2.75, 3.05) is 0 Å². The molecule has 118 valence electrons. The zero-order valence-corrected chi connectivity index (χ0v) is 14.4. The Morgan fingerprint density at radius 2 is 2.00 bits per heavy atom. The Bertz CT molecular complexity index is 792. The van der Waals surface area contributed by atoms with E-state index in [-0.39, 0.29) is 0 Å². The Morgan fingerprint density at radius 1 is 1.30 bits per heavy atom. The van der Waals surface area contributed by atoms with E-state index in [2.05, 4.69) is 26.7 Å². The largest absolute Gasteiger partial charge is 0.344 e. The number of urea groups is 1. The highest BCUT2D eigenvalue weighted by Crippen LogP contribution is 2.28. The van der Waals surface area contributed by atoms with Crippen molar-refractivity contribution in [2.24, 2.45) is 0 Å². The molecule has 0 unspecified atom stereocenters. The summed E-state index contributed by atoms with van der Waals surface area (Å²) in [6.45, 7) is 1.61. The van der Waals surface area contributed by atoms with Gasteiger partial charge in [0.1, 0.15) is 5.54 Å². The van der Waals surface area contributed by atoms with E-state index in [1.807, 2.05) is 6.07 Å². The van der Waals surface area contributed by atoms with Gasteiger partial charge in [0.25, 0.3) is 11.8 Å². The lowest BCUT2D eigenvalue weighted by Gasteiger charge is -2.22.